The third-order valence-corrected chi connectivity index (χ3v) is 0. The van der Waals surface area contributed by atoms with Crippen LogP contribution in [0.4, 0.5) is 0 Å². The maximum Gasteiger partial charge on any atom is 2.00 e. The third-order valence-electron chi connectivity index (χ3n) is 0. The van der Waals surface area contributed by atoms with Crippen LogP contribution in [-0.4, -0.2) is 45.5 Å². The summed E-state index contributed by atoms with van der Waals surface area (Å²) in [6, 6.07) is 0. The van der Waals surface area contributed by atoms with Crippen LogP contribution in [0.1, 0.15) is 0 Å². The summed E-state index contributed by atoms with van der Waals surface area (Å²) >= 11 is -3.79. The summed E-state index contributed by atoms with van der Waals surface area (Å²) in [5.41, 5.74) is 0. The molecule has 0 bridgehead atoms. The van der Waals surface area contributed by atoms with Crippen LogP contribution in [0.25, 0.3) is 0 Å². The number of hydrogen-bond donors (Lipinski definition) is 0. The Hall–Kier alpha value is 1.73. The van der Waals surface area contributed by atoms with Crippen LogP contribution in [0.2, 0.25) is 0 Å². The Morgan fingerprint density at radius 2 is 1.40 bits per heavy atom. The van der Waals surface area contributed by atoms with E-state index >= 15 is 0 Å². The smallest absolute Gasteiger partial charge is 2.00 e. The molecular weight excluding hydrogens is 188 g/mol. The van der Waals surface area contributed by atoms with E-state index in [0.717, 1.165) is 0 Å². The van der Waals surface area contributed by atoms with Crippen LogP contribution in [0.5, 0.6) is 0 Å². The Bertz CT molecular complexity index is 29.9. The molecule has 0 saturated heterocycles. The minimum Gasteiger partial charge on any atom is 2.00 e. The number of rotatable bonds is 0. The Morgan fingerprint density at radius 3 is 1.40 bits per heavy atom. The average Bonchev–Trinajstić information content (AvgIpc) is 0.811. The van der Waals surface area contributed by atoms with Crippen molar-refractivity contribution >= 4 is 45.5 Å². The van der Waals surface area contributed by atoms with Crippen molar-refractivity contribution in [2.75, 3.05) is 0 Å². The van der Waals surface area contributed by atoms with Gasteiger partial charge in [0.2, 0.25) is 0 Å². The Kier molecular flexibility index (Phi) is 11.3. The standard InChI is InChI=1S/Cr.3O.Sr/q;;2*-1;+2. The third kappa shape index (κ3) is 26.6. The molecule has 0 aliphatic carbocycles. The largest absolute Gasteiger partial charge is 2.00 e. The van der Waals surface area contributed by atoms with Crippen LogP contribution < -0.4 is 8.32 Å². The van der Waals surface area contributed by atoms with Crippen LogP contribution in [0, 0.1) is 0 Å². The zero-order valence-electron chi connectivity index (χ0n) is 2.34. The van der Waals surface area contributed by atoms with Gasteiger partial charge >= 0.3 is 72.4 Å². The molecule has 5 heteroatoms. The zero-order chi connectivity index (χ0) is 3.58. The number of hydrogen-bond acceptors (Lipinski definition) is 3. The van der Waals surface area contributed by atoms with E-state index in [1.165, 1.54) is 0 Å². The maximum absolute atomic E-state index is 8.54. The topological polar surface area (TPSA) is 63.2 Å². The Balaban J connectivity index is 0. The second kappa shape index (κ2) is 5.73. The van der Waals surface area contributed by atoms with Gasteiger partial charge in [-0.3, -0.25) is 0 Å². The van der Waals surface area contributed by atoms with E-state index in [0.29, 0.717) is 0 Å². The molecule has 0 heterocycles. The molecule has 0 rings (SSSR count). The summed E-state index contributed by atoms with van der Waals surface area (Å²) in [5.74, 6) is 0. The molecule has 5 heavy (non-hydrogen) atoms. The quantitative estimate of drug-likeness (QED) is 0.383. The van der Waals surface area contributed by atoms with Gasteiger partial charge in [-0.25, -0.2) is 0 Å². The summed E-state index contributed by atoms with van der Waals surface area (Å²) in [4.78, 5) is 0. The Morgan fingerprint density at radius 1 is 1.40 bits per heavy atom. The van der Waals surface area contributed by atoms with Gasteiger partial charge in [-0.1, -0.05) is 0 Å². The Labute approximate surface area is 71.2 Å². The summed E-state index contributed by atoms with van der Waals surface area (Å²) in [5, 5.41) is 0. The monoisotopic (exact) mass is 188 g/mol. The predicted octanol–water partition coefficient (Wildman–Crippen LogP) is -2.88. The molecule has 0 amide bonds. The summed E-state index contributed by atoms with van der Waals surface area (Å²) in [6.45, 7) is 0. The van der Waals surface area contributed by atoms with E-state index in [1.807, 2.05) is 0 Å². The molecule has 0 fully saturated rings. The predicted molar refractivity (Wildman–Crippen MR) is 6.44 cm³/mol. The van der Waals surface area contributed by atoms with Crippen molar-refractivity contribution in [3.63, 3.8) is 0 Å². The van der Waals surface area contributed by atoms with Crippen LogP contribution >= 0.6 is 0 Å². The second-order valence-electron chi connectivity index (χ2n) is 0.204. The van der Waals surface area contributed by atoms with Gasteiger partial charge in [-0.15, -0.1) is 0 Å². The van der Waals surface area contributed by atoms with Gasteiger partial charge in [0.05, 0.1) is 0 Å². The van der Waals surface area contributed by atoms with Gasteiger partial charge < -0.3 is 0 Å². The maximum atomic E-state index is 8.54. The van der Waals surface area contributed by atoms with Crippen molar-refractivity contribution in [3.8, 4) is 0 Å². The van der Waals surface area contributed by atoms with Gasteiger partial charge in [0.1, 0.15) is 0 Å². The van der Waals surface area contributed by atoms with Crippen molar-refractivity contribution in [3.05, 3.63) is 0 Å². The SMILES string of the molecule is [O]=[Cr]([O-])[O-].[Sr+2]. The fraction of sp³-hybridized carbons (Fsp3) is 0. The summed E-state index contributed by atoms with van der Waals surface area (Å²) in [6.07, 6.45) is 0. The van der Waals surface area contributed by atoms with E-state index < -0.39 is 14.8 Å². The molecule has 0 aliphatic rings. The van der Waals surface area contributed by atoms with Crippen molar-refractivity contribution < 1.29 is 26.9 Å². The molecule has 0 aromatic rings. The molecule has 0 N–H and O–H groups in total. The molecule has 0 aromatic carbocycles. The van der Waals surface area contributed by atoms with Crippen LogP contribution in [0.15, 0.2) is 0 Å². The molecular formula is CrO3Sr. The fourth-order valence-electron chi connectivity index (χ4n) is 0. The minimum atomic E-state index is -3.79. The molecule has 0 radical (unpaired) electrons. The van der Waals surface area contributed by atoms with Crippen molar-refractivity contribution in [1.29, 1.82) is 0 Å². The first-order valence-corrected chi connectivity index (χ1v) is 2.06. The fourth-order valence-corrected chi connectivity index (χ4v) is 0. The molecule has 0 spiro atoms. The van der Waals surface area contributed by atoms with E-state index in [2.05, 4.69) is 0 Å². The van der Waals surface area contributed by atoms with E-state index in [4.69, 9.17) is 12.1 Å². The molecule has 0 saturated carbocycles. The first-order chi connectivity index (χ1) is 1.73. The van der Waals surface area contributed by atoms with Gasteiger partial charge in [-0.2, -0.15) is 0 Å². The second-order valence-corrected chi connectivity index (χ2v) is 0.842. The molecule has 0 aromatic heterocycles. The molecule has 3 nitrogen and oxygen atoms in total. The van der Waals surface area contributed by atoms with Crippen LogP contribution in [-0.2, 0) is 18.6 Å². The van der Waals surface area contributed by atoms with E-state index in [-0.39, 0.29) is 45.5 Å². The zero-order valence-corrected chi connectivity index (χ0v) is 7.09. The van der Waals surface area contributed by atoms with Gasteiger partial charge in [-0.05, 0) is 0 Å². The molecule has 0 unspecified atom stereocenters. The normalized spacial score (nSPS) is 7.00. The summed E-state index contributed by atoms with van der Waals surface area (Å²) in [7, 11) is 0. The van der Waals surface area contributed by atoms with Crippen molar-refractivity contribution in [2.24, 2.45) is 0 Å². The summed E-state index contributed by atoms with van der Waals surface area (Å²) < 4.78 is 25.6. The van der Waals surface area contributed by atoms with E-state index in [1.54, 1.807) is 0 Å². The molecule has 0 atom stereocenters. The molecule has 26 valence electrons. The van der Waals surface area contributed by atoms with Crippen molar-refractivity contribution in [2.45, 2.75) is 0 Å². The minimum absolute atomic E-state index is 0. The van der Waals surface area contributed by atoms with Gasteiger partial charge in [0, 0.05) is 0 Å². The van der Waals surface area contributed by atoms with Gasteiger partial charge in [0.15, 0.2) is 0 Å². The molecule has 0 aliphatic heterocycles. The van der Waals surface area contributed by atoms with E-state index in [9.17, 15) is 0 Å². The van der Waals surface area contributed by atoms with Crippen molar-refractivity contribution in [1.82, 2.24) is 0 Å². The first kappa shape index (κ1) is 9.88. The first-order valence-electron chi connectivity index (χ1n) is 0.500. The average molecular weight is 188 g/mol. The van der Waals surface area contributed by atoms with Gasteiger partial charge in [0.25, 0.3) is 0 Å². The van der Waals surface area contributed by atoms with Crippen LogP contribution in [0.3, 0.4) is 0 Å².